The van der Waals surface area contributed by atoms with E-state index in [0.29, 0.717) is 16.5 Å². The highest BCUT2D eigenvalue weighted by molar-refractivity contribution is 6.30. The van der Waals surface area contributed by atoms with Gasteiger partial charge in [0.05, 0.1) is 16.9 Å². The summed E-state index contributed by atoms with van der Waals surface area (Å²) >= 11 is 5.91. The summed E-state index contributed by atoms with van der Waals surface area (Å²) in [5, 5.41) is 11.6. The minimum atomic E-state index is -0.0542. The number of nitrogens with one attached hydrogen (secondary N) is 2. The third kappa shape index (κ3) is 4.09. The highest BCUT2D eigenvalue weighted by Crippen LogP contribution is 2.16. The van der Waals surface area contributed by atoms with Gasteiger partial charge in [-0.25, -0.2) is 4.68 Å². The number of benzene rings is 1. The number of carbonyl (C=O) groups is 1. The van der Waals surface area contributed by atoms with Crippen LogP contribution in [0, 0.1) is 12.8 Å². The molecule has 7 heteroatoms. The van der Waals surface area contributed by atoms with Gasteiger partial charge in [0, 0.05) is 17.3 Å². The van der Waals surface area contributed by atoms with E-state index in [9.17, 15) is 4.79 Å². The van der Waals surface area contributed by atoms with Crippen LogP contribution in [0.15, 0.2) is 30.5 Å². The van der Waals surface area contributed by atoms with Crippen molar-refractivity contribution in [3.63, 3.8) is 0 Å². The quantitative estimate of drug-likeness (QED) is 0.875. The number of aromatic nitrogens is 2. The Hall–Kier alpha value is -1.56. The molecule has 3 rings (SSSR count). The number of halogens is 2. The normalized spacial score (nSPS) is 20.3. The van der Waals surface area contributed by atoms with Crippen LogP contribution in [0.25, 0.3) is 5.69 Å². The van der Waals surface area contributed by atoms with E-state index in [2.05, 4.69) is 22.7 Å². The highest BCUT2D eigenvalue weighted by Gasteiger charge is 2.24. The predicted octanol–water partition coefficient (Wildman–Crippen LogP) is 2.98. The Kier molecular flexibility index (Phi) is 6.27. The van der Waals surface area contributed by atoms with Gasteiger partial charge in [0.15, 0.2) is 0 Å². The maximum absolute atomic E-state index is 12.6. The standard InChI is InChI=1S/C17H21ClN4O.ClH/c1-11-9-19-8-7-16(11)20-17(23)15-10-22(21-12(15)2)14-5-3-13(18)4-6-14;/h3-6,10-11,16,19H,7-9H2,1-2H3,(H,20,23);1H. The van der Waals surface area contributed by atoms with Gasteiger partial charge in [-0.3, -0.25) is 4.79 Å². The maximum Gasteiger partial charge on any atom is 0.254 e. The minimum Gasteiger partial charge on any atom is -0.349 e. The van der Waals surface area contributed by atoms with E-state index in [1.807, 2.05) is 31.2 Å². The molecule has 1 amide bonds. The van der Waals surface area contributed by atoms with Crippen molar-refractivity contribution in [2.24, 2.45) is 5.92 Å². The Balaban J connectivity index is 0.00000208. The second-order valence-corrected chi connectivity index (χ2v) is 6.54. The van der Waals surface area contributed by atoms with Crippen molar-refractivity contribution < 1.29 is 4.79 Å². The van der Waals surface area contributed by atoms with E-state index in [-0.39, 0.29) is 24.4 Å². The van der Waals surface area contributed by atoms with Crippen molar-refractivity contribution in [3.05, 3.63) is 46.7 Å². The number of nitrogens with zero attached hydrogens (tertiary/aromatic N) is 2. The fraction of sp³-hybridized carbons (Fsp3) is 0.412. The van der Waals surface area contributed by atoms with Gasteiger partial charge in [-0.05, 0) is 56.6 Å². The molecule has 2 aromatic rings. The van der Waals surface area contributed by atoms with Gasteiger partial charge in [-0.2, -0.15) is 5.10 Å². The molecule has 0 radical (unpaired) electrons. The van der Waals surface area contributed by atoms with Gasteiger partial charge in [-0.15, -0.1) is 12.4 Å². The van der Waals surface area contributed by atoms with Crippen molar-refractivity contribution in [2.75, 3.05) is 13.1 Å². The van der Waals surface area contributed by atoms with E-state index in [1.54, 1.807) is 10.9 Å². The molecule has 1 aliphatic rings. The van der Waals surface area contributed by atoms with Gasteiger partial charge in [-0.1, -0.05) is 18.5 Å². The summed E-state index contributed by atoms with van der Waals surface area (Å²) in [5.74, 6) is 0.376. The zero-order chi connectivity index (χ0) is 16.4. The molecule has 2 N–H and O–H groups in total. The molecule has 1 aromatic carbocycles. The van der Waals surface area contributed by atoms with E-state index >= 15 is 0 Å². The summed E-state index contributed by atoms with van der Waals surface area (Å²) in [5.41, 5.74) is 2.22. The lowest BCUT2D eigenvalue weighted by Crippen LogP contribution is -2.48. The first-order valence-electron chi connectivity index (χ1n) is 7.88. The smallest absolute Gasteiger partial charge is 0.254 e. The number of aryl methyl sites for hydroxylation is 1. The molecule has 5 nitrogen and oxygen atoms in total. The van der Waals surface area contributed by atoms with Gasteiger partial charge in [0.1, 0.15) is 0 Å². The number of carbonyl (C=O) groups excluding carboxylic acids is 1. The summed E-state index contributed by atoms with van der Waals surface area (Å²) in [6.45, 7) is 5.89. The Morgan fingerprint density at radius 3 is 2.75 bits per heavy atom. The Morgan fingerprint density at radius 1 is 1.38 bits per heavy atom. The second kappa shape index (κ2) is 8.01. The number of hydrogen-bond acceptors (Lipinski definition) is 3. The minimum absolute atomic E-state index is 0. The summed E-state index contributed by atoms with van der Waals surface area (Å²) < 4.78 is 1.71. The predicted molar refractivity (Wildman–Crippen MR) is 98.5 cm³/mol. The lowest BCUT2D eigenvalue weighted by atomic mass is 9.95. The molecule has 130 valence electrons. The van der Waals surface area contributed by atoms with Crippen molar-refractivity contribution in [3.8, 4) is 5.69 Å². The number of hydrogen-bond donors (Lipinski definition) is 2. The van der Waals surface area contributed by atoms with Crippen LogP contribution in [0.2, 0.25) is 5.02 Å². The monoisotopic (exact) mass is 368 g/mol. The van der Waals surface area contributed by atoms with E-state index < -0.39 is 0 Å². The van der Waals surface area contributed by atoms with E-state index in [4.69, 9.17) is 11.6 Å². The van der Waals surface area contributed by atoms with Crippen molar-refractivity contribution >= 4 is 29.9 Å². The highest BCUT2D eigenvalue weighted by atomic mass is 35.5. The molecule has 1 saturated heterocycles. The Morgan fingerprint density at radius 2 is 2.08 bits per heavy atom. The fourth-order valence-corrected chi connectivity index (χ4v) is 3.01. The molecule has 2 atom stereocenters. The van der Waals surface area contributed by atoms with Crippen LogP contribution in [-0.2, 0) is 0 Å². The molecule has 1 aromatic heterocycles. The third-order valence-corrected chi connectivity index (χ3v) is 4.59. The van der Waals surface area contributed by atoms with Gasteiger partial charge < -0.3 is 10.6 Å². The zero-order valence-corrected chi connectivity index (χ0v) is 15.3. The van der Waals surface area contributed by atoms with Crippen molar-refractivity contribution in [1.82, 2.24) is 20.4 Å². The summed E-state index contributed by atoms with van der Waals surface area (Å²) in [4.78, 5) is 12.6. The molecule has 2 unspecified atom stereocenters. The molecular formula is C17H22Cl2N4O. The topological polar surface area (TPSA) is 59.0 Å². The molecule has 1 aliphatic heterocycles. The zero-order valence-electron chi connectivity index (χ0n) is 13.8. The molecule has 24 heavy (non-hydrogen) atoms. The lowest BCUT2D eigenvalue weighted by Gasteiger charge is -2.30. The molecule has 0 saturated carbocycles. The Labute approximate surface area is 153 Å². The molecule has 0 aliphatic carbocycles. The number of piperidine rings is 1. The van der Waals surface area contributed by atoms with Gasteiger partial charge in [0.2, 0.25) is 0 Å². The lowest BCUT2D eigenvalue weighted by molar-refractivity contribution is 0.0913. The summed E-state index contributed by atoms with van der Waals surface area (Å²) in [6.07, 6.45) is 2.73. The summed E-state index contributed by atoms with van der Waals surface area (Å²) in [7, 11) is 0. The van der Waals surface area contributed by atoms with E-state index in [0.717, 1.165) is 30.9 Å². The first-order valence-corrected chi connectivity index (χ1v) is 8.26. The van der Waals surface area contributed by atoms with Crippen molar-refractivity contribution in [2.45, 2.75) is 26.3 Å². The number of amides is 1. The molecule has 1 fully saturated rings. The third-order valence-electron chi connectivity index (χ3n) is 4.34. The van der Waals surface area contributed by atoms with Gasteiger partial charge >= 0.3 is 0 Å². The van der Waals surface area contributed by atoms with Crippen LogP contribution >= 0.6 is 24.0 Å². The van der Waals surface area contributed by atoms with Crippen LogP contribution in [-0.4, -0.2) is 34.8 Å². The average molecular weight is 369 g/mol. The molecular weight excluding hydrogens is 347 g/mol. The largest absolute Gasteiger partial charge is 0.349 e. The van der Waals surface area contributed by atoms with E-state index in [1.165, 1.54) is 0 Å². The van der Waals surface area contributed by atoms with Crippen LogP contribution < -0.4 is 10.6 Å². The molecule has 0 bridgehead atoms. The molecule has 0 spiro atoms. The average Bonchev–Trinajstić information content (AvgIpc) is 2.92. The summed E-state index contributed by atoms with van der Waals surface area (Å²) in [6, 6.07) is 7.59. The molecule has 2 heterocycles. The van der Waals surface area contributed by atoms with Crippen LogP contribution in [0.3, 0.4) is 0 Å². The first-order chi connectivity index (χ1) is 11.0. The fourth-order valence-electron chi connectivity index (χ4n) is 2.88. The van der Waals surface area contributed by atoms with Crippen LogP contribution in [0.4, 0.5) is 0 Å². The Bertz CT molecular complexity index is 699. The maximum atomic E-state index is 12.6. The second-order valence-electron chi connectivity index (χ2n) is 6.10. The number of rotatable bonds is 3. The SMILES string of the molecule is Cc1nn(-c2ccc(Cl)cc2)cc1C(=O)NC1CCNCC1C.Cl. The first kappa shape index (κ1) is 18.8. The van der Waals surface area contributed by atoms with Crippen molar-refractivity contribution in [1.29, 1.82) is 0 Å². The van der Waals surface area contributed by atoms with Gasteiger partial charge in [0.25, 0.3) is 5.91 Å². The van der Waals surface area contributed by atoms with Crippen LogP contribution in [0.1, 0.15) is 29.4 Å². The van der Waals surface area contributed by atoms with Crippen LogP contribution in [0.5, 0.6) is 0 Å².